The Morgan fingerprint density at radius 2 is 2.00 bits per heavy atom. The number of hydrogen-bond donors (Lipinski definition) is 2. The lowest BCUT2D eigenvalue weighted by molar-refractivity contribution is -0.117. The highest BCUT2D eigenvalue weighted by Crippen LogP contribution is 2.33. The highest BCUT2D eigenvalue weighted by molar-refractivity contribution is 5.84. The van der Waals surface area contributed by atoms with E-state index >= 15 is 0 Å². The van der Waals surface area contributed by atoms with Crippen molar-refractivity contribution in [3.05, 3.63) is 58.9 Å². The van der Waals surface area contributed by atoms with Crippen LogP contribution in [0.5, 0.6) is 0 Å². The number of likely N-dealkylation sites (tertiary alicyclic amines) is 1. The first-order valence-corrected chi connectivity index (χ1v) is 10.7. The van der Waals surface area contributed by atoms with Gasteiger partial charge in [-0.2, -0.15) is 5.26 Å². The fraction of sp³-hybridized carbons (Fsp3) is 0.375. The second-order valence-electron chi connectivity index (χ2n) is 8.19. The van der Waals surface area contributed by atoms with Gasteiger partial charge < -0.3 is 20.3 Å². The largest absolute Gasteiger partial charge is 0.387 e. The summed E-state index contributed by atoms with van der Waals surface area (Å²) in [5.41, 5.74) is 11.1. The molecule has 1 saturated heterocycles. The second kappa shape index (κ2) is 8.88. The van der Waals surface area contributed by atoms with E-state index in [9.17, 15) is 9.90 Å². The number of carbonyl (C=O) groups excluding carboxylic acids is 1. The first-order valence-electron chi connectivity index (χ1n) is 10.7. The van der Waals surface area contributed by atoms with E-state index in [-0.39, 0.29) is 12.3 Å². The van der Waals surface area contributed by atoms with Crippen molar-refractivity contribution in [2.45, 2.75) is 38.7 Å². The summed E-state index contributed by atoms with van der Waals surface area (Å²) in [5.74, 6) is -0.347. The number of rotatable bonds is 7. The molecule has 3 N–H and O–H groups in total. The van der Waals surface area contributed by atoms with Crippen LogP contribution in [0.3, 0.4) is 0 Å². The van der Waals surface area contributed by atoms with Crippen molar-refractivity contribution < 1.29 is 9.90 Å². The van der Waals surface area contributed by atoms with Crippen molar-refractivity contribution in [1.29, 1.82) is 5.26 Å². The molecule has 7 heteroatoms. The predicted molar refractivity (Wildman–Crippen MR) is 119 cm³/mol. The van der Waals surface area contributed by atoms with Gasteiger partial charge in [0.25, 0.3) is 0 Å². The molecule has 1 atom stereocenters. The van der Waals surface area contributed by atoms with Crippen LogP contribution in [0, 0.1) is 18.3 Å². The van der Waals surface area contributed by atoms with Crippen LogP contribution in [0.1, 0.15) is 47.8 Å². The molecule has 2 aromatic heterocycles. The number of aromatic nitrogens is 2. The maximum Gasteiger partial charge on any atom is 0.217 e. The van der Waals surface area contributed by atoms with Crippen molar-refractivity contribution >= 4 is 16.9 Å². The zero-order valence-corrected chi connectivity index (χ0v) is 17.7. The average Bonchev–Trinajstić information content (AvgIpc) is 3.37. The number of nitrogens with two attached hydrogens (primary N) is 1. The number of benzene rings is 1. The Hall–Kier alpha value is -3.21. The van der Waals surface area contributed by atoms with Gasteiger partial charge in [-0.05, 0) is 75.2 Å². The lowest BCUT2D eigenvalue weighted by Crippen LogP contribution is -2.25. The predicted octanol–water partition coefficient (Wildman–Crippen LogP) is 2.75. The number of nitrogens with zero attached hydrogens (tertiary/aromatic N) is 4. The van der Waals surface area contributed by atoms with Gasteiger partial charge in [0.15, 0.2) is 0 Å². The Morgan fingerprint density at radius 3 is 2.65 bits per heavy atom. The van der Waals surface area contributed by atoms with Crippen LogP contribution in [-0.4, -0.2) is 45.1 Å². The summed E-state index contributed by atoms with van der Waals surface area (Å²) >= 11 is 0. The summed E-state index contributed by atoms with van der Waals surface area (Å²) in [7, 11) is 0. The topological polar surface area (TPSA) is 108 Å². The van der Waals surface area contributed by atoms with E-state index in [1.807, 2.05) is 25.1 Å². The molecule has 1 unspecified atom stereocenters. The molecule has 1 amide bonds. The summed E-state index contributed by atoms with van der Waals surface area (Å²) in [5, 5.41) is 20.3. The minimum absolute atomic E-state index is 0.258. The summed E-state index contributed by atoms with van der Waals surface area (Å²) in [4.78, 5) is 18.2. The van der Waals surface area contributed by atoms with Gasteiger partial charge in [-0.1, -0.05) is 0 Å². The third-order valence-electron chi connectivity index (χ3n) is 6.02. The van der Waals surface area contributed by atoms with E-state index in [0.29, 0.717) is 18.5 Å². The average molecular weight is 418 g/mol. The van der Waals surface area contributed by atoms with E-state index in [2.05, 4.69) is 15.5 Å². The molecule has 7 nitrogen and oxygen atoms in total. The number of aliphatic hydroxyl groups excluding tert-OH is 1. The molecular weight excluding hydrogens is 390 g/mol. The minimum Gasteiger partial charge on any atom is -0.387 e. The van der Waals surface area contributed by atoms with E-state index < -0.39 is 6.10 Å². The molecule has 3 aromatic rings. The summed E-state index contributed by atoms with van der Waals surface area (Å²) in [6, 6.07) is 11.5. The highest BCUT2D eigenvalue weighted by Gasteiger charge is 2.25. The number of pyridine rings is 1. The van der Waals surface area contributed by atoms with Gasteiger partial charge in [0, 0.05) is 36.1 Å². The van der Waals surface area contributed by atoms with Crippen LogP contribution in [0.15, 0.2) is 36.5 Å². The SMILES string of the molecule is Cc1c(C(O)CN2CCCC2)c2ncc(CCC(N)=O)cc2n1-c1ccc(C#N)cc1. The van der Waals surface area contributed by atoms with E-state index in [1.165, 1.54) is 12.8 Å². The molecule has 4 rings (SSSR count). The molecule has 0 bridgehead atoms. The third-order valence-corrected chi connectivity index (χ3v) is 6.02. The minimum atomic E-state index is -0.649. The molecule has 0 saturated carbocycles. The van der Waals surface area contributed by atoms with Crippen molar-refractivity contribution in [1.82, 2.24) is 14.5 Å². The zero-order valence-electron chi connectivity index (χ0n) is 17.7. The van der Waals surface area contributed by atoms with Gasteiger partial charge in [-0.3, -0.25) is 9.78 Å². The standard InChI is InChI=1S/C24H27N5O2/c1-16-23(21(30)15-28-10-2-3-11-28)24-20(12-18(14-27-24)6-9-22(26)31)29(16)19-7-4-17(13-25)5-8-19/h4-5,7-8,12,14,21,30H,2-3,6,9-11,15H2,1H3,(H2,26,31). The second-order valence-corrected chi connectivity index (χ2v) is 8.19. The summed E-state index contributed by atoms with van der Waals surface area (Å²) < 4.78 is 2.07. The van der Waals surface area contributed by atoms with Crippen LogP contribution in [0.4, 0.5) is 0 Å². The molecule has 1 aliphatic heterocycles. The fourth-order valence-electron chi connectivity index (χ4n) is 4.47. The van der Waals surface area contributed by atoms with Crippen LogP contribution < -0.4 is 5.73 Å². The summed E-state index contributed by atoms with van der Waals surface area (Å²) in [6.07, 6.45) is 4.22. The number of β-amino-alcohol motifs (C(OH)–C–C–N with tert-alkyl or cyclic N) is 1. The molecule has 1 aliphatic rings. The Bertz CT molecular complexity index is 1140. The third kappa shape index (κ3) is 4.31. The number of carbonyl (C=O) groups is 1. The number of primary amides is 1. The number of aliphatic hydroxyl groups is 1. The highest BCUT2D eigenvalue weighted by atomic mass is 16.3. The van der Waals surface area contributed by atoms with Crippen LogP contribution >= 0.6 is 0 Å². The molecule has 3 heterocycles. The van der Waals surface area contributed by atoms with Crippen LogP contribution in [0.2, 0.25) is 0 Å². The van der Waals surface area contributed by atoms with Gasteiger partial charge in [0.1, 0.15) is 0 Å². The number of aryl methyl sites for hydroxylation is 1. The van der Waals surface area contributed by atoms with E-state index in [0.717, 1.165) is 46.6 Å². The Labute approximate surface area is 181 Å². The summed E-state index contributed by atoms with van der Waals surface area (Å²) in [6.45, 7) is 4.59. The molecule has 0 aliphatic carbocycles. The zero-order chi connectivity index (χ0) is 22.0. The number of fused-ring (bicyclic) bond motifs is 1. The first kappa shape index (κ1) is 21.0. The maximum atomic E-state index is 11.2. The molecule has 31 heavy (non-hydrogen) atoms. The molecular formula is C24H27N5O2. The lowest BCUT2D eigenvalue weighted by Gasteiger charge is -2.20. The fourth-order valence-corrected chi connectivity index (χ4v) is 4.47. The van der Waals surface area contributed by atoms with Crippen molar-refractivity contribution in [3.63, 3.8) is 0 Å². The Morgan fingerprint density at radius 1 is 1.29 bits per heavy atom. The lowest BCUT2D eigenvalue weighted by atomic mass is 10.1. The number of amides is 1. The molecule has 160 valence electrons. The van der Waals surface area contributed by atoms with Gasteiger partial charge in [-0.25, -0.2) is 0 Å². The van der Waals surface area contributed by atoms with Gasteiger partial charge in [-0.15, -0.1) is 0 Å². The Balaban J connectivity index is 1.81. The van der Waals surface area contributed by atoms with Crippen molar-refractivity contribution in [3.8, 4) is 11.8 Å². The van der Waals surface area contributed by atoms with Crippen molar-refractivity contribution in [2.24, 2.45) is 5.73 Å². The normalized spacial score (nSPS) is 15.3. The van der Waals surface area contributed by atoms with Gasteiger partial charge in [0.05, 0.1) is 28.8 Å². The monoisotopic (exact) mass is 417 g/mol. The van der Waals surface area contributed by atoms with E-state index in [4.69, 9.17) is 16.0 Å². The van der Waals surface area contributed by atoms with Gasteiger partial charge >= 0.3 is 0 Å². The maximum absolute atomic E-state index is 11.2. The molecule has 0 radical (unpaired) electrons. The smallest absolute Gasteiger partial charge is 0.217 e. The number of hydrogen-bond acceptors (Lipinski definition) is 5. The first-order chi connectivity index (χ1) is 15.0. The number of nitriles is 1. The Kier molecular flexibility index (Phi) is 6.03. The van der Waals surface area contributed by atoms with E-state index in [1.54, 1.807) is 18.3 Å². The van der Waals surface area contributed by atoms with Gasteiger partial charge in [0.2, 0.25) is 5.91 Å². The molecule has 0 spiro atoms. The molecule has 1 fully saturated rings. The quantitative estimate of drug-likeness (QED) is 0.614. The van der Waals surface area contributed by atoms with Crippen LogP contribution in [-0.2, 0) is 11.2 Å². The molecule has 1 aromatic carbocycles. The van der Waals surface area contributed by atoms with Crippen molar-refractivity contribution in [2.75, 3.05) is 19.6 Å². The van der Waals surface area contributed by atoms with Crippen LogP contribution in [0.25, 0.3) is 16.7 Å².